The zero-order chi connectivity index (χ0) is 18.6. The Morgan fingerprint density at radius 1 is 0.963 bits per heavy atom. The van der Waals surface area contributed by atoms with Gasteiger partial charge < -0.3 is 10.1 Å². The number of ether oxygens (including phenoxy) is 1. The summed E-state index contributed by atoms with van der Waals surface area (Å²) in [6, 6.07) is 16.6. The summed E-state index contributed by atoms with van der Waals surface area (Å²) in [5.74, 6) is 1.87. The molecule has 2 aliphatic carbocycles. The largest absolute Gasteiger partial charge is 0.461 e. The van der Waals surface area contributed by atoms with Crippen molar-refractivity contribution < 1.29 is 14.3 Å². The summed E-state index contributed by atoms with van der Waals surface area (Å²) in [7, 11) is 0. The highest BCUT2D eigenvalue weighted by atomic mass is 16.5. The number of nitrogens with one attached hydrogen (secondary N) is 1. The van der Waals surface area contributed by atoms with Gasteiger partial charge in [-0.25, -0.2) is 0 Å². The Morgan fingerprint density at radius 2 is 1.74 bits per heavy atom. The van der Waals surface area contributed by atoms with Crippen molar-refractivity contribution in [3.63, 3.8) is 0 Å². The summed E-state index contributed by atoms with van der Waals surface area (Å²) in [4.78, 5) is 24.4. The zero-order valence-electron chi connectivity index (χ0n) is 15.4. The van der Waals surface area contributed by atoms with Gasteiger partial charge in [0.15, 0.2) is 0 Å². The molecule has 2 aromatic rings. The highest BCUT2D eigenvalue weighted by Crippen LogP contribution is 2.49. The minimum absolute atomic E-state index is 0.0987. The second kappa shape index (κ2) is 7.95. The van der Waals surface area contributed by atoms with E-state index in [-0.39, 0.29) is 18.5 Å². The molecule has 3 atom stereocenters. The molecule has 2 aromatic carbocycles. The van der Waals surface area contributed by atoms with Gasteiger partial charge in [0, 0.05) is 17.7 Å². The van der Waals surface area contributed by atoms with Gasteiger partial charge in [-0.05, 0) is 66.8 Å². The van der Waals surface area contributed by atoms with Crippen LogP contribution in [0.1, 0.15) is 48.0 Å². The highest BCUT2D eigenvalue weighted by Gasteiger charge is 2.40. The lowest BCUT2D eigenvalue weighted by Gasteiger charge is -2.20. The van der Waals surface area contributed by atoms with Gasteiger partial charge in [-0.2, -0.15) is 0 Å². The fraction of sp³-hybridized carbons (Fsp3) is 0.391. The van der Waals surface area contributed by atoms with Gasteiger partial charge >= 0.3 is 5.97 Å². The average molecular weight is 363 g/mol. The van der Waals surface area contributed by atoms with Crippen molar-refractivity contribution in [1.29, 1.82) is 0 Å². The van der Waals surface area contributed by atoms with E-state index < -0.39 is 0 Å². The van der Waals surface area contributed by atoms with Crippen LogP contribution in [0.5, 0.6) is 0 Å². The fourth-order valence-corrected chi connectivity index (χ4v) is 4.54. The second-order valence-corrected chi connectivity index (χ2v) is 7.82. The summed E-state index contributed by atoms with van der Waals surface area (Å²) in [6.07, 6.45) is 5.70. The number of hydrogen-bond donors (Lipinski definition) is 1. The van der Waals surface area contributed by atoms with Crippen LogP contribution in [0, 0.1) is 17.8 Å². The Hall–Kier alpha value is -2.62. The van der Waals surface area contributed by atoms with Crippen molar-refractivity contribution in [2.24, 2.45) is 17.8 Å². The molecule has 2 fully saturated rings. The highest BCUT2D eigenvalue weighted by molar-refractivity contribution is 6.04. The standard InChI is InChI=1S/C23H25NO3/c25-22(14-20-13-17-8-11-19(20)12-17)27-15-16-6-9-18(10-7-16)23(26)24-21-4-2-1-3-5-21/h1-7,9-10,17,19-20H,8,11-15H2,(H,24,26)/t17-,19+,20+/m0/s1. The second-order valence-electron chi connectivity index (χ2n) is 7.82. The fourth-order valence-electron chi connectivity index (χ4n) is 4.54. The quantitative estimate of drug-likeness (QED) is 0.750. The van der Waals surface area contributed by atoms with Crippen molar-refractivity contribution in [2.75, 3.05) is 5.32 Å². The van der Waals surface area contributed by atoms with Crippen LogP contribution in [0.4, 0.5) is 5.69 Å². The molecule has 0 aromatic heterocycles. The molecule has 140 valence electrons. The van der Waals surface area contributed by atoms with Crippen LogP contribution in [0.3, 0.4) is 0 Å². The maximum Gasteiger partial charge on any atom is 0.306 e. The first-order valence-corrected chi connectivity index (χ1v) is 9.78. The topological polar surface area (TPSA) is 55.4 Å². The molecule has 1 N–H and O–H groups in total. The van der Waals surface area contributed by atoms with E-state index in [9.17, 15) is 9.59 Å². The number of carbonyl (C=O) groups is 2. The molecule has 0 aliphatic heterocycles. The third-order valence-corrected chi connectivity index (χ3v) is 5.96. The number of anilines is 1. The lowest BCUT2D eigenvalue weighted by molar-refractivity contribution is -0.146. The SMILES string of the molecule is O=C(C[C@H]1C[C@H]2CC[C@@H]1C2)OCc1ccc(C(=O)Nc2ccccc2)cc1. The monoisotopic (exact) mass is 363 g/mol. The van der Waals surface area contributed by atoms with E-state index in [0.717, 1.165) is 23.1 Å². The van der Waals surface area contributed by atoms with Gasteiger partial charge in [0.05, 0.1) is 0 Å². The predicted octanol–water partition coefficient (Wildman–Crippen LogP) is 4.81. The lowest BCUT2D eigenvalue weighted by Crippen LogP contribution is -2.17. The minimum atomic E-state index is -0.152. The Morgan fingerprint density at radius 3 is 2.41 bits per heavy atom. The Bertz CT molecular complexity index is 800. The lowest BCUT2D eigenvalue weighted by atomic mass is 9.86. The number of rotatable bonds is 6. The van der Waals surface area contributed by atoms with Gasteiger partial charge in [-0.3, -0.25) is 9.59 Å². The van der Waals surface area contributed by atoms with Crippen LogP contribution in [0.2, 0.25) is 0 Å². The van der Waals surface area contributed by atoms with Gasteiger partial charge in [0.1, 0.15) is 6.61 Å². The van der Waals surface area contributed by atoms with Gasteiger partial charge in [0.2, 0.25) is 0 Å². The summed E-state index contributed by atoms with van der Waals surface area (Å²) in [5.41, 5.74) is 2.24. The third-order valence-electron chi connectivity index (χ3n) is 5.96. The minimum Gasteiger partial charge on any atom is -0.461 e. The van der Waals surface area contributed by atoms with Gasteiger partial charge in [-0.15, -0.1) is 0 Å². The number of para-hydroxylation sites is 1. The molecule has 0 saturated heterocycles. The smallest absolute Gasteiger partial charge is 0.306 e. The first-order valence-electron chi connectivity index (χ1n) is 9.78. The predicted molar refractivity (Wildman–Crippen MR) is 104 cm³/mol. The van der Waals surface area contributed by atoms with E-state index in [1.54, 1.807) is 12.1 Å². The number of amides is 1. The van der Waals surface area contributed by atoms with Crippen molar-refractivity contribution in [1.82, 2.24) is 0 Å². The van der Waals surface area contributed by atoms with Crippen molar-refractivity contribution in [3.8, 4) is 0 Å². The zero-order valence-corrected chi connectivity index (χ0v) is 15.4. The first kappa shape index (κ1) is 17.8. The van der Waals surface area contributed by atoms with Crippen molar-refractivity contribution >= 4 is 17.6 Å². The van der Waals surface area contributed by atoms with E-state index in [0.29, 0.717) is 17.9 Å². The van der Waals surface area contributed by atoms with Gasteiger partial charge in [0.25, 0.3) is 5.91 Å². The molecule has 4 nitrogen and oxygen atoms in total. The van der Waals surface area contributed by atoms with Crippen LogP contribution in [0.25, 0.3) is 0 Å². The Labute approximate surface area is 159 Å². The number of hydrogen-bond acceptors (Lipinski definition) is 3. The van der Waals surface area contributed by atoms with Gasteiger partial charge in [-0.1, -0.05) is 36.8 Å². The molecule has 2 saturated carbocycles. The van der Waals surface area contributed by atoms with E-state index in [1.165, 1.54) is 25.7 Å². The van der Waals surface area contributed by atoms with E-state index >= 15 is 0 Å². The first-order chi connectivity index (χ1) is 13.2. The van der Waals surface area contributed by atoms with E-state index in [2.05, 4.69) is 5.32 Å². The average Bonchev–Trinajstić information content (AvgIpc) is 3.31. The molecule has 0 spiro atoms. The van der Waals surface area contributed by atoms with Crippen molar-refractivity contribution in [3.05, 3.63) is 65.7 Å². The summed E-state index contributed by atoms with van der Waals surface area (Å²) < 4.78 is 5.45. The summed E-state index contributed by atoms with van der Waals surface area (Å²) >= 11 is 0. The maximum atomic E-state index is 12.3. The molecule has 4 rings (SSSR count). The number of carbonyl (C=O) groups excluding carboxylic acids is 2. The number of fused-ring (bicyclic) bond motifs is 2. The molecule has 1 amide bonds. The Balaban J connectivity index is 1.25. The van der Waals surface area contributed by atoms with Crippen LogP contribution < -0.4 is 5.32 Å². The molecule has 2 aliphatic rings. The molecule has 0 unspecified atom stereocenters. The number of esters is 1. The van der Waals surface area contributed by atoms with E-state index in [1.807, 2.05) is 42.5 Å². The molecule has 2 bridgehead atoms. The number of benzene rings is 2. The molecule has 27 heavy (non-hydrogen) atoms. The van der Waals surface area contributed by atoms with Crippen LogP contribution in [-0.2, 0) is 16.1 Å². The van der Waals surface area contributed by atoms with Crippen LogP contribution >= 0.6 is 0 Å². The molecule has 4 heteroatoms. The molecular formula is C23H25NO3. The molecule has 0 heterocycles. The summed E-state index contributed by atoms with van der Waals surface area (Å²) in [6.45, 7) is 0.264. The van der Waals surface area contributed by atoms with Crippen LogP contribution in [0.15, 0.2) is 54.6 Å². The van der Waals surface area contributed by atoms with Crippen LogP contribution in [-0.4, -0.2) is 11.9 Å². The Kier molecular flexibility index (Phi) is 5.23. The third kappa shape index (κ3) is 4.38. The normalized spacial score (nSPS) is 23.2. The molecular weight excluding hydrogens is 338 g/mol. The summed E-state index contributed by atoms with van der Waals surface area (Å²) in [5, 5.41) is 2.86. The van der Waals surface area contributed by atoms with Crippen molar-refractivity contribution in [2.45, 2.75) is 38.7 Å². The molecule has 0 radical (unpaired) electrons. The maximum absolute atomic E-state index is 12.3. The van der Waals surface area contributed by atoms with E-state index in [4.69, 9.17) is 4.74 Å².